The fourth-order valence-electron chi connectivity index (χ4n) is 2.04. The fourth-order valence-corrected chi connectivity index (χ4v) is 2.04. The average Bonchev–Trinajstić information content (AvgIpc) is 2.41. The summed E-state index contributed by atoms with van der Waals surface area (Å²) in [5, 5.41) is 3.22. The number of anilines is 2. The van der Waals surface area contributed by atoms with Gasteiger partial charge in [0.2, 0.25) is 5.95 Å². The lowest BCUT2D eigenvalue weighted by Gasteiger charge is -2.11. The van der Waals surface area contributed by atoms with Crippen LogP contribution in [0.5, 0.6) is 0 Å². The van der Waals surface area contributed by atoms with Crippen molar-refractivity contribution < 1.29 is 0 Å². The van der Waals surface area contributed by atoms with Gasteiger partial charge in [-0.2, -0.15) is 4.98 Å². The van der Waals surface area contributed by atoms with Gasteiger partial charge in [0.05, 0.1) is 5.69 Å². The summed E-state index contributed by atoms with van der Waals surface area (Å²) in [5.74, 6) is 1.01. The van der Waals surface area contributed by atoms with Gasteiger partial charge in [0, 0.05) is 18.2 Å². The molecule has 0 saturated carbocycles. The Balaban J connectivity index is 2.34. The molecule has 5 heteroatoms. The molecule has 2 rings (SSSR count). The molecule has 20 heavy (non-hydrogen) atoms. The van der Waals surface area contributed by atoms with Crippen LogP contribution in [0.1, 0.15) is 17.5 Å². The third kappa shape index (κ3) is 3.24. The average molecular weight is 271 g/mol. The predicted octanol–water partition coefficient (Wildman–Crippen LogP) is 2.10. The molecule has 106 valence electrons. The zero-order chi connectivity index (χ0) is 14.5. The molecule has 0 fully saturated rings. The van der Waals surface area contributed by atoms with E-state index in [-0.39, 0.29) is 5.95 Å². The van der Waals surface area contributed by atoms with E-state index >= 15 is 0 Å². The first kappa shape index (κ1) is 14.3. The Hall–Kier alpha value is -2.14. The highest BCUT2D eigenvalue weighted by molar-refractivity contribution is 5.68. The Kier molecular flexibility index (Phi) is 4.53. The van der Waals surface area contributed by atoms with Crippen LogP contribution < -0.4 is 16.8 Å². The van der Waals surface area contributed by atoms with E-state index in [1.165, 1.54) is 11.1 Å². The van der Waals surface area contributed by atoms with Crippen LogP contribution in [-0.4, -0.2) is 23.1 Å². The van der Waals surface area contributed by atoms with Gasteiger partial charge in [-0.25, -0.2) is 4.98 Å². The molecule has 0 bridgehead atoms. The Bertz CT molecular complexity index is 595. The largest absolute Gasteiger partial charge is 0.370 e. The third-order valence-corrected chi connectivity index (χ3v) is 3.31. The molecule has 0 radical (unpaired) electrons. The van der Waals surface area contributed by atoms with Gasteiger partial charge in [-0.15, -0.1) is 0 Å². The van der Waals surface area contributed by atoms with Crippen LogP contribution in [0.4, 0.5) is 11.8 Å². The smallest absolute Gasteiger partial charge is 0.222 e. The van der Waals surface area contributed by atoms with Crippen LogP contribution in [0, 0.1) is 13.8 Å². The Morgan fingerprint density at radius 2 is 2.00 bits per heavy atom. The Morgan fingerprint density at radius 3 is 2.75 bits per heavy atom. The molecule has 0 saturated heterocycles. The molecule has 2 aromatic rings. The normalized spacial score (nSPS) is 10.6. The lowest BCUT2D eigenvalue weighted by molar-refractivity contribution is 0.869. The number of hydrogen-bond donors (Lipinski definition) is 3. The van der Waals surface area contributed by atoms with Crippen molar-refractivity contribution in [2.24, 2.45) is 5.73 Å². The third-order valence-electron chi connectivity index (χ3n) is 3.31. The molecule has 0 unspecified atom stereocenters. The maximum atomic E-state index is 5.80. The second-order valence-corrected chi connectivity index (χ2v) is 4.81. The number of aryl methyl sites for hydroxylation is 1. The van der Waals surface area contributed by atoms with Crippen LogP contribution in [-0.2, 0) is 0 Å². The molecule has 0 spiro atoms. The first-order chi connectivity index (χ1) is 9.61. The fraction of sp³-hybridized carbons (Fsp3) is 0.333. The minimum absolute atomic E-state index is 0.277. The van der Waals surface area contributed by atoms with E-state index in [0.29, 0.717) is 6.54 Å². The van der Waals surface area contributed by atoms with Crippen molar-refractivity contribution in [1.82, 2.24) is 9.97 Å². The number of aromatic nitrogens is 2. The van der Waals surface area contributed by atoms with Crippen molar-refractivity contribution in [2.45, 2.75) is 20.3 Å². The first-order valence-electron chi connectivity index (χ1n) is 6.77. The summed E-state index contributed by atoms with van der Waals surface area (Å²) in [7, 11) is 0. The second-order valence-electron chi connectivity index (χ2n) is 4.81. The van der Waals surface area contributed by atoms with Gasteiger partial charge in [0.1, 0.15) is 5.82 Å². The lowest BCUT2D eigenvalue weighted by Crippen LogP contribution is -2.10. The van der Waals surface area contributed by atoms with Gasteiger partial charge in [-0.1, -0.05) is 18.2 Å². The summed E-state index contributed by atoms with van der Waals surface area (Å²) in [6.45, 7) is 5.60. The van der Waals surface area contributed by atoms with Crippen molar-refractivity contribution in [3.05, 3.63) is 35.4 Å². The molecule has 0 atom stereocenters. The van der Waals surface area contributed by atoms with Gasteiger partial charge < -0.3 is 16.8 Å². The molecular weight excluding hydrogens is 250 g/mol. The van der Waals surface area contributed by atoms with Gasteiger partial charge in [0.25, 0.3) is 0 Å². The van der Waals surface area contributed by atoms with Crippen LogP contribution in [0.2, 0.25) is 0 Å². The van der Waals surface area contributed by atoms with Gasteiger partial charge in [-0.3, -0.25) is 0 Å². The van der Waals surface area contributed by atoms with Crippen molar-refractivity contribution in [2.75, 3.05) is 24.1 Å². The highest BCUT2D eigenvalue weighted by atomic mass is 15.1. The highest BCUT2D eigenvalue weighted by Gasteiger charge is 2.08. The molecule has 0 aliphatic carbocycles. The molecule has 1 heterocycles. The predicted molar refractivity (Wildman–Crippen MR) is 83.5 cm³/mol. The van der Waals surface area contributed by atoms with E-state index in [1.54, 1.807) is 0 Å². The molecular formula is C15H21N5. The van der Waals surface area contributed by atoms with Crippen LogP contribution >= 0.6 is 0 Å². The lowest BCUT2D eigenvalue weighted by atomic mass is 10.0. The van der Waals surface area contributed by atoms with E-state index in [4.69, 9.17) is 11.5 Å². The van der Waals surface area contributed by atoms with Crippen molar-refractivity contribution >= 4 is 11.8 Å². The SMILES string of the molecule is Cc1cccc(-c2cc(NCCCN)nc(N)n2)c1C. The quantitative estimate of drug-likeness (QED) is 0.725. The standard InChI is InChI=1S/C15H21N5/c1-10-5-3-6-12(11(10)2)13-9-14(18-8-4-7-16)20-15(17)19-13/h3,5-6,9H,4,7-8,16H2,1-2H3,(H3,17,18,19,20). The number of nitrogens with zero attached hydrogens (tertiary/aromatic N) is 2. The molecule has 5 nitrogen and oxygen atoms in total. The van der Waals surface area contributed by atoms with Gasteiger partial charge in [0.15, 0.2) is 0 Å². The van der Waals surface area contributed by atoms with Crippen LogP contribution in [0.15, 0.2) is 24.3 Å². The van der Waals surface area contributed by atoms with E-state index in [9.17, 15) is 0 Å². The maximum Gasteiger partial charge on any atom is 0.222 e. The van der Waals surface area contributed by atoms with Crippen LogP contribution in [0.3, 0.4) is 0 Å². The minimum Gasteiger partial charge on any atom is -0.370 e. The van der Waals surface area contributed by atoms with Crippen LogP contribution in [0.25, 0.3) is 11.3 Å². The molecule has 1 aromatic heterocycles. The van der Waals surface area contributed by atoms with E-state index in [1.807, 2.05) is 18.2 Å². The summed E-state index contributed by atoms with van der Waals surface area (Å²) in [6, 6.07) is 8.09. The summed E-state index contributed by atoms with van der Waals surface area (Å²) in [6.07, 6.45) is 0.892. The second kappa shape index (κ2) is 6.34. The number of nitrogens with two attached hydrogens (primary N) is 2. The molecule has 0 aliphatic rings. The van der Waals surface area contributed by atoms with Crippen molar-refractivity contribution in [3.8, 4) is 11.3 Å². The number of nitrogens with one attached hydrogen (secondary N) is 1. The molecule has 0 amide bonds. The van der Waals surface area contributed by atoms with Gasteiger partial charge >= 0.3 is 0 Å². The number of rotatable bonds is 5. The molecule has 1 aromatic carbocycles. The van der Waals surface area contributed by atoms with E-state index in [0.717, 1.165) is 30.0 Å². The number of nitrogen functional groups attached to an aromatic ring is 1. The maximum absolute atomic E-state index is 5.80. The summed E-state index contributed by atoms with van der Waals surface area (Å²) < 4.78 is 0. The topological polar surface area (TPSA) is 89.8 Å². The Morgan fingerprint density at radius 1 is 1.20 bits per heavy atom. The molecule has 5 N–H and O–H groups in total. The monoisotopic (exact) mass is 271 g/mol. The zero-order valence-corrected chi connectivity index (χ0v) is 12.0. The Labute approximate surface area is 119 Å². The summed E-state index contributed by atoms with van der Waals surface area (Å²) in [4.78, 5) is 8.53. The van der Waals surface area contributed by atoms with Crippen molar-refractivity contribution in [1.29, 1.82) is 0 Å². The minimum atomic E-state index is 0.277. The number of hydrogen-bond acceptors (Lipinski definition) is 5. The van der Waals surface area contributed by atoms with Crippen molar-refractivity contribution in [3.63, 3.8) is 0 Å². The zero-order valence-electron chi connectivity index (χ0n) is 12.0. The van der Waals surface area contributed by atoms with E-state index in [2.05, 4.69) is 35.2 Å². The summed E-state index contributed by atoms with van der Waals surface area (Å²) >= 11 is 0. The van der Waals surface area contributed by atoms with Gasteiger partial charge in [-0.05, 0) is 37.9 Å². The summed E-state index contributed by atoms with van der Waals surface area (Å²) in [5.41, 5.74) is 15.7. The first-order valence-corrected chi connectivity index (χ1v) is 6.77. The number of benzene rings is 1. The van der Waals surface area contributed by atoms with E-state index < -0.39 is 0 Å². The molecule has 0 aliphatic heterocycles. The highest BCUT2D eigenvalue weighted by Crippen LogP contribution is 2.25.